The van der Waals surface area contributed by atoms with Gasteiger partial charge in [-0.1, -0.05) is 0 Å². The predicted octanol–water partition coefficient (Wildman–Crippen LogP) is 1.72. The number of carbonyl (C=O) groups excluding carboxylic acids is 1. The maximum Gasteiger partial charge on any atom is 0.251 e. The molecular weight excluding hydrogens is 346 g/mol. The second-order valence-electron chi connectivity index (χ2n) is 6.55. The van der Waals surface area contributed by atoms with Gasteiger partial charge in [-0.3, -0.25) is 4.79 Å². The first-order valence-electron chi connectivity index (χ1n) is 8.88. The topological polar surface area (TPSA) is 100 Å². The van der Waals surface area contributed by atoms with Gasteiger partial charge >= 0.3 is 0 Å². The van der Waals surface area contributed by atoms with E-state index >= 15 is 0 Å². The van der Waals surface area contributed by atoms with E-state index in [1.165, 1.54) is 6.20 Å². The summed E-state index contributed by atoms with van der Waals surface area (Å²) in [6, 6.07) is 7.29. The van der Waals surface area contributed by atoms with Crippen molar-refractivity contribution in [3.8, 4) is 17.6 Å². The number of hydrogen-bond donors (Lipinski definition) is 1. The van der Waals surface area contributed by atoms with Crippen LogP contribution in [-0.4, -0.2) is 42.3 Å². The predicted molar refractivity (Wildman–Crippen MR) is 96.6 cm³/mol. The molecule has 2 aliphatic heterocycles. The average Bonchev–Trinajstić information content (AvgIpc) is 3.20. The Bertz CT molecular complexity index is 887. The number of anilines is 1. The maximum absolute atomic E-state index is 12.4. The molecule has 27 heavy (non-hydrogen) atoms. The monoisotopic (exact) mass is 365 g/mol. The Morgan fingerprint density at radius 3 is 2.81 bits per heavy atom. The number of nitriles is 1. The number of ether oxygens (including phenoxy) is 2. The summed E-state index contributed by atoms with van der Waals surface area (Å²) in [5.41, 5.74) is 0.918. The molecule has 0 atom stereocenters. The standard InChI is InChI=1S/C19H19N5O3/c20-10-15-18(22-6-5-21-15)24-7-3-13(4-8-24)11-23-19(25)14-1-2-16-17(9-14)27-12-26-16/h1-2,5-6,9,13H,3-4,7-8,11-12H2,(H,23,25). The summed E-state index contributed by atoms with van der Waals surface area (Å²) in [5.74, 6) is 2.19. The fourth-order valence-corrected chi connectivity index (χ4v) is 3.37. The Kier molecular flexibility index (Phi) is 4.75. The van der Waals surface area contributed by atoms with Crippen LogP contribution in [0.1, 0.15) is 28.9 Å². The van der Waals surface area contributed by atoms with Crippen molar-refractivity contribution >= 4 is 11.7 Å². The molecule has 0 radical (unpaired) electrons. The minimum atomic E-state index is -0.114. The average molecular weight is 365 g/mol. The quantitative estimate of drug-likeness (QED) is 0.880. The second kappa shape index (κ2) is 7.50. The Balaban J connectivity index is 1.29. The summed E-state index contributed by atoms with van der Waals surface area (Å²) < 4.78 is 10.6. The zero-order valence-electron chi connectivity index (χ0n) is 14.7. The highest BCUT2D eigenvalue weighted by atomic mass is 16.7. The Labute approximate surface area is 156 Å². The van der Waals surface area contributed by atoms with Crippen molar-refractivity contribution in [1.82, 2.24) is 15.3 Å². The van der Waals surface area contributed by atoms with Crippen LogP contribution in [0.25, 0.3) is 0 Å². The summed E-state index contributed by atoms with van der Waals surface area (Å²) >= 11 is 0. The highest BCUT2D eigenvalue weighted by Gasteiger charge is 2.23. The molecule has 0 spiro atoms. The first-order chi connectivity index (χ1) is 13.2. The SMILES string of the molecule is N#Cc1nccnc1N1CCC(CNC(=O)c2ccc3c(c2)OCO3)CC1. The third-order valence-corrected chi connectivity index (χ3v) is 4.88. The van der Waals surface area contributed by atoms with E-state index in [9.17, 15) is 4.79 Å². The molecule has 138 valence electrons. The lowest BCUT2D eigenvalue weighted by Gasteiger charge is -2.32. The molecule has 0 unspecified atom stereocenters. The molecule has 1 N–H and O–H groups in total. The third kappa shape index (κ3) is 3.62. The van der Waals surface area contributed by atoms with Gasteiger partial charge in [0.2, 0.25) is 6.79 Å². The number of carbonyl (C=O) groups is 1. The number of benzene rings is 1. The maximum atomic E-state index is 12.4. The van der Waals surface area contributed by atoms with Crippen LogP contribution in [0.15, 0.2) is 30.6 Å². The van der Waals surface area contributed by atoms with E-state index in [0.29, 0.717) is 41.0 Å². The van der Waals surface area contributed by atoms with Crippen molar-refractivity contribution in [3.63, 3.8) is 0 Å². The smallest absolute Gasteiger partial charge is 0.251 e. The largest absolute Gasteiger partial charge is 0.454 e. The van der Waals surface area contributed by atoms with E-state index in [2.05, 4.69) is 26.3 Å². The molecule has 8 nitrogen and oxygen atoms in total. The van der Waals surface area contributed by atoms with Gasteiger partial charge in [-0.15, -0.1) is 0 Å². The number of fused-ring (bicyclic) bond motifs is 1. The number of piperidine rings is 1. The Morgan fingerprint density at radius 2 is 2.00 bits per heavy atom. The number of nitrogens with zero attached hydrogens (tertiary/aromatic N) is 4. The number of nitrogens with one attached hydrogen (secondary N) is 1. The highest BCUT2D eigenvalue weighted by molar-refractivity contribution is 5.94. The lowest BCUT2D eigenvalue weighted by molar-refractivity contribution is 0.0944. The molecule has 0 bridgehead atoms. The molecule has 1 amide bonds. The van der Waals surface area contributed by atoms with Gasteiger partial charge in [-0.25, -0.2) is 9.97 Å². The molecule has 0 saturated carbocycles. The van der Waals surface area contributed by atoms with Crippen LogP contribution in [0.3, 0.4) is 0 Å². The van der Waals surface area contributed by atoms with Gasteiger partial charge in [-0.05, 0) is 37.0 Å². The highest BCUT2D eigenvalue weighted by Crippen LogP contribution is 2.32. The number of hydrogen-bond acceptors (Lipinski definition) is 7. The first-order valence-corrected chi connectivity index (χ1v) is 8.88. The summed E-state index contributed by atoms with van der Waals surface area (Å²) in [4.78, 5) is 22.8. The molecule has 1 aromatic carbocycles. The van der Waals surface area contributed by atoms with Crippen LogP contribution in [0, 0.1) is 17.2 Å². The lowest BCUT2D eigenvalue weighted by Crippen LogP contribution is -2.39. The molecular formula is C19H19N5O3. The summed E-state index contributed by atoms with van der Waals surface area (Å²) in [7, 11) is 0. The fraction of sp³-hybridized carbons (Fsp3) is 0.368. The van der Waals surface area contributed by atoms with Crippen molar-refractivity contribution in [2.24, 2.45) is 5.92 Å². The zero-order valence-corrected chi connectivity index (χ0v) is 14.7. The van der Waals surface area contributed by atoms with Crippen molar-refractivity contribution < 1.29 is 14.3 Å². The van der Waals surface area contributed by atoms with E-state index < -0.39 is 0 Å². The van der Waals surface area contributed by atoms with Crippen LogP contribution in [-0.2, 0) is 0 Å². The minimum absolute atomic E-state index is 0.114. The summed E-state index contributed by atoms with van der Waals surface area (Å²) in [6.07, 6.45) is 4.97. The van der Waals surface area contributed by atoms with Crippen molar-refractivity contribution in [2.75, 3.05) is 31.3 Å². The summed E-state index contributed by atoms with van der Waals surface area (Å²) in [5, 5.41) is 12.2. The van der Waals surface area contributed by atoms with E-state index in [1.54, 1.807) is 24.4 Å². The molecule has 4 rings (SSSR count). The van der Waals surface area contributed by atoms with Gasteiger partial charge in [0.1, 0.15) is 6.07 Å². The third-order valence-electron chi connectivity index (χ3n) is 4.88. The van der Waals surface area contributed by atoms with Gasteiger partial charge in [0.05, 0.1) is 0 Å². The van der Waals surface area contributed by atoms with Gasteiger partial charge in [0, 0.05) is 37.6 Å². The second-order valence-corrected chi connectivity index (χ2v) is 6.55. The minimum Gasteiger partial charge on any atom is -0.454 e. The van der Waals surface area contributed by atoms with Crippen molar-refractivity contribution in [2.45, 2.75) is 12.8 Å². The zero-order chi connectivity index (χ0) is 18.6. The fourth-order valence-electron chi connectivity index (χ4n) is 3.37. The van der Waals surface area contributed by atoms with E-state index in [4.69, 9.17) is 14.7 Å². The number of rotatable bonds is 4. The first kappa shape index (κ1) is 17.1. The van der Waals surface area contributed by atoms with Crippen LogP contribution >= 0.6 is 0 Å². The van der Waals surface area contributed by atoms with Crippen molar-refractivity contribution in [1.29, 1.82) is 5.26 Å². The molecule has 1 aromatic heterocycles. The normalized spacial score (nSPS) is 16.0. The van der Waals surface area contributed by atoms with Gasteiger partial charge < -0.3 is 19.7 Å². The number of amides is 1. The van der Waals surface area contributed by atoms with E-state index in [1.807, 2.05) is 0 Å². The van der Waals surface area contributed by atoms with Gasteiger partial charge in [0.15, 0.2) is 23.0 Å². The number of aromatic nitrogens is 2. The molecule has 0 aliphatic carbocycles. The molecule has 8 heteroatoms. The molecule has 2 aromatic rings. The van der Waals surface area contributed by atoms with Gasteiger partial charge in [-0.2, -0.15) is 5.26 Å². The van der Waals surface area contributed by atoms with E-state index in [0.717, 1.165) is 25.9 Å². The Hall–Kier alpha value is -3.34. The molecule has 3 heterocycles. The van der Waals surface area contributed by atoms with Crippen LogP contribution in [0.2, 0.25) is 0 Å². The van der Waals surface area contributed by atoms with E-state index in [-0.39, 0.29) is 12.7 Å². The summed E-state index contributed by atoms with van der Waals surface area (Å²) in [6.45, 7) is 2.39. The Morgan fingerprint density at radius 1 is 1.22 bits per heavy atom. The molecule has 2 aliphatic rings. The van der Waals surface area contributed by atoms with Crippen molar-refractivity contribution in [3.05, 3.63) is 41.9 Å². The van der Waals surface area contributed by atoms with Crippen LogP contribution in [0.5, 0.6) is 11.5 Å². The van der Waals surface area contributed by atoms with Crippen LogP contribution < -0.4 is 19.7 Å². The molecule has 1 saturated heterocycles. The lowest BCUT2D eigenvalue weighted by atomic mass is 9.96. The van der Waals surface area contributed by atoms with Crippen LogP contribution in [0.4, 0.5) is 5.82 Å². The molecule has 1 fully saturated rings. The van der Waals surface area contributed by atoms with Gasteiger partial charge in [0.25, 0.3) is 5.91 Å².